The maximum Gasteiger partial charge on any atom is 0.231 e. The molecule has 0 aliphatic rings. The van der Waals surface area contributed by atoms with Crippen LogP contribution in [0.2, 0.25) is 5.02 Å². The highest BCUT2D eigenvalue weighted by Crippen LogP contribution is 2.33. The van der Waals surface area contributed by atoms with E-state index in [9.17, 15) is 4.79 Å². The lowest BCUT2D eigenvalue weighted by Crippen LogP contribution is -2.53. The Balaban J connectivity index is 2.99. The van der Waals surface area contributed by atoms with Crippen molar-refractivity contribution in [2.45, 2.75) is 33.2 Å². The van der Waals surface area contributed by atoms with Crippen LogP contribution in [0.3, 0.4) is 0 Å². The van der Waals surface area contributed by atoms with Crippen LogP contribution in [0.25, 0.3) is 0 Å². The van der Waals surface area contributed by atoms with E-state index in [1.165, 1.54) is 0 Å². The Kier molecular flexibility index (Phi) is 4.47. The molecule has 0 saturated heterocycles. The first-order valence-corrected chi connectivity index (χ1v) is 6.79. The van der Waals surface area contributed by atoms with Crippen LogP contribution in [0.1, 0.15) is 27.7 Å². The van der Waals surface area contributed by atoms with Gasteiger partial charge in [0.2, 0.25) is 5.91 Å². The number of hydrogen-bond acceptors (Lipinski definition) is 2. The molecule has 1 amide bonds. The van der Waals surface area contributed by atoms with Crippen LogP contribution in [-0.4, -0.2) is 11.4 Å². The number of hydrogen-bond donors (Lipinski definition) is 2. The van der Waals surface area contributed by atoms with Crippen LogP contribution in [0.4, 0.5) is 5.69 Å². The molecule has 5 heteroatoms. The summed E-state index contributed by atoms with van der Waals surface area (Å²) < 4.78 is 0.672. The summed E-state index contributed by atoms with van der Waals surface area (Å²) in [4.78, 5) is 12.3. The van der Waals surface area contributed by atoms with Crippen molar-refractivity contribution in [3.63, 3.8) is 0 Å². The normalized spacial score (nSPS) is 12.4. The topological polar surface area (TPSA) is 55.1 Å². The summed E-state index contributed by atoms with van der Waals surface area (Å²) >= 11 is 9.33. The van der Waals surface area contributed by atoms with Gasteiger partial charge in [0, 0.05) is 5.54 Å². The molecule has 0 bridgehead atoms. The van der Waals surface area contributed by atoms with Crippen molar-refractivity contribution in [2.24, 2.45) is 11.1 Å². The monoisotopic (exact) mass is 332 g/mol. The van der Waals surface area contributed by atoms with Crippen molar-refractivity contribution in [2.75, 3.05) is 5.32 Å². The number of nitrogens with one attached hydrogen (secondary N) is 1. The predicted molar refractivity (Wildman–Crippen MR) is 79.8 cm³/mol. The fraction of sp³-hybridized carbons (Fsp3) is 0.462. The number of carbonyl (C=O) groups is 1. The summed E-state index contributed by atoms with van der Waals surface area (Å²) in [5.41, 5.74) is 5.36. The third-order valence-electron chi connectivity index (χ3n) is 3.38. The molecule has 0 atom stereocenters. The number of anilines is 1. The lowest BCUT2D eigenvalue weighted by Gasteiger charge is -2.37. The van der Waals surface area contributed by atoms with E-state index in [1.807, 2.05) is 27.7 Å². The van der Waals surface area contributed by atoms with Crippen molar-refractivity contribution in [1.82, 2.24) is 0 Å². The summed E-state index contributed by atoms with van der Waals surface area (Å²) in [6.45, 7) is 7.31. The average Bonchev–Trinajstić information content (AvgIpc) is 2.23. The van der Waals surface area contributed by atoms with Gasteiger partial charge in [0.1, 0.15) is 0 Å². The van der Waals surface area contributed by atoms with Crippen molar-refractivity contribution < 1.29 is 4.79 Å². The molecule has 0 spiro atoms. The summed E-state index contributed by atoms with van der Waals surface area (Å²) in [6, 6.07) is 5.32. The molecule has 0 aliphatic heterocycles. The molecule has 1 aromatic carbocycles. The first-order valence-electron chi connectivity index (χ1n) is 5.61. The quantitative estimate of drug-likeness (QED) is 0.884. The highest BCUT2D eigenvalue weighted by Gasteiger charge is 2.40. The Hall–Kier alpha value is -0.580. The van der Waals surface area contributed by atoms with Gasteiger partial charge in [-0.3, -0.25) is 4.79 Å². The number of amides is 1. The van der Waals surface area contributed by atoms with Crippen LogP contribution in [0, 0.1) is 5.41 Å². The molecule has 18 heavy (non-hydrogen) atoms. The van der Waals surface area contributed by atoms with E-state index in [-0.39, 0.29) is 5.91 Å². The van der Waals surface area contributed by atoms with Gasteiger partial charge >= 0.3 is 0 Å². The lowest BCUT2D eigenvalue weighted by molar-refractivity contribution is -0.126. The maximum atomic E-state index is 12.3. The fourth-order valence-corrected chi connectivity index (χ4v) is 1.71. The maximum absolute atomic E-state index is 12.3. The Labute approximate surface area is 121 Å². The van der Waals surface area contributed by atoms with Crippen LogP contribution in [-0.2, 0) is 4.79 Å². The molecule has 1 rings (SSSR count). The van der Waals surface area contributed by atoms with Crippen LogP contribution < -0.4 is 11.1 Å². The number of rotatable bonds is 3. The summed E-state index contributed by atoms with van der Waals surface area (Å²) in [5, 5.41) is 3.40. The zero-order valence-corrected chi connectivity index (χ0v) is 13.3. The van der Waals surface area contributed by atoms with Crippen molar-refractivity contribution >= 4 is 39.1 Å². The predicted octanol–water partition coefficient (Wildman–Crippen LogP) is 3.80. The average molecular weight is 334 g/mol. The Morgan fingerprint density at radius 3 is 2.39 bits per heavy atom. The number of carbonyl (C=O) groups excluding carboxylic acids is 1. The van der Waals surface area contributed by atoms with Crippen molar-refractivity contribution in [1.29, 1.82) is 0 Å². The first kappa shape index (κ1) is 15.5. The van der Waals surface area contributed by atoms with E-state index in [0.717, 1.165) is 0 Å². The third-order valence-corrected chi connectivity index (χ3v) is 4.78. The number of nitrogens with two attached hydrogens (primary N) is 1. The number of benzene rings is 1. The largest absolute Gasteiger partial charge is 0.325 e. The first-order chi connectivity index (χ1) is 8.07. The molecule has 0 fully saturated rings. The second kappa shape index (κ2) is 5.19. The Morgan fingerprint density at radius 2 is 1.89 bits per heavy atom. The highest BCUT2D eigenvalue weighted by molar-refractivity contribution is 9.10. The molecule has 3 nitrogen and oxygen atoms in total. The zero-order valence-electron chi connectivity index (χ0n) is 11.0. The SMILES string of the molecule is CC(C)(N)C(C)(C)C(=O)Nc1cccc(Cl)c1Br. The molecule has 0 radical (unpaired) electrons. The van der Waals surface area contributed by atoms with Crippen molar-refractivity contribution in [3.05, 3.63) is 27.7 Å². The summed E-state index contributed by atoms with van der Waals surface area (Å²) in [7, 11) is 0. The van der Waals surface area contributed by atoms with Crippen LogP contribution in [0.5, 0.6) is 0 Å². The minimum absolute atomic E-state index is 0.141. The van der Waals surface area contributed by atoms with E-state index in [1.54, 1.807) is 18.2 Å². The van der Waals surface area contributed by atoms with E-state index >= 15 is 0 Å². The van der Waals surface area contributed by atoms with Crippen LogP contribution >= 0.6 is 27.5 Å². The highest BCUT2D eigenvalue weighted by atomic mass is 79.9. The van der Waals surface area contributed by atoms with E-state index in [4.69, 9.17) is 17.3 Å². The lowest BCUT2D eigenvalue weighted by atomic mass is 9.74. The van der Waals surface area contributed by atoms with Gasteiger partial charge in [-0.25, -0.2) is 0 Å². The molecule has 0 heterocycles. The second-order valence-electron chi connectivity index (χ2n) is 5.40. The third kappa shape index (κ3) is 3.05. The van der Waals surface area contributed by atoms with Gasteiger partial charge < -0.3 is 11.1 Å². The summed E-state index contributed by atoms with van der Waals surface area (Å²) in [6.07, 6.45) is 0. The van der Waals surface area contributed by atoms with Crippen molar-refractivity contribution in [3.8, 4) is 0 Å². The molecule has 0 unspecified atom stereocenters. The van der Waals surface area contributed by atoms with Gasteiger partial charge in [0.15, 0.2) is 0 Å². The minimum atomic E-state index is -0.700. The molecular formula is C13H18BrClN2O. The molecule has 100 valence electrons. The van der Waals surface area contributed by atoms with E-state index in [2.05, 4.69) is 21.2 Å². The van der Waals surface area contributed by atoms with Gasteiger partial charge in [0.25, 0.3) is 0 Å². The van der Waals surface area contributed by atoms with E-state index < -0.39 is 11.0 Å². The second-order valence-corrected chi connectivity index (χ2v) is 6.60. The smallest absolute Gasteiger partial charge is 0.231 e. The molecule has 0 saturated carbocycles. The Morgan fingerprint density at radius 1 is 1.33 bits per heavy atom. The fourth-order valence-electron chi connectivity index (χ4n) is 1.17. The number of halogens is 2. The molecular weight excluding hydrogens is 316 g/mol. The van der Waals surface area contributed by atoms with Gasteiger partial charge in [-0.1, -0.05) is 17.7 Å². The molecule has 0 aliphatic carbocycles. The zero-order chi connectivity index (χ0) is 14.1. The van der Waals surface area contributed by atoms with Gasteiger partial charge in [0.05, 0.1) is 20.6 Å². The molecule has 1 aromatic rings. The Bertz CT molecular complexity index is 467. The van der Waals surface area contributed by atoms with Gasteiger partial charge in [-0.15, -0.1) is 0 Å². The minimum Gasteiger partial charge on any atom is -0.325 e. The van der Waals surface area contributed by atoms with Gasteiger partial charge in [-0.2, -0.15) is 0 Å². The van der Waals surface area contributed by atoms with E-state index in [0.29, 0.717) is 15.2 Å². The standard InChI is InChI=1S/C13H18BrClN2O/c1-12(2,13(3,4)16)11(18)17-9-7-5-6-8(15)10(9)14/h5-7H,16H2,1-4H3,(H,17,18). The summed E-state index contributed by atoms with van der Waals surface area (Å²) in [5.74, 6) is -0.141. The van der Waals surface area contributed by atoms with Crippen LogP contribution in [0.15, 0.2) is 22.7 Å². The molecule has 0 aromatic heterocycles. The van der Waals surface area contributed by atoms with Gasteiger partial charge in [-0.05, 0) is 55.8 Å². The molecule has 3 N–H and O–H groups in total.